The quantitative estimate of drug-likeness (QED) is 0.746. The van der Waals surface area contributed by atoms with Crippen molar-refractivity contribution in [2.45, 2.75) is 30.8 Å². The first-order chi connectivity index (χ1) is 8.87. The largest absolute Gasteiger partial charge is 0.383 e. The van der Waals surface area contributed by atoms with Gasteiger partial charge in [0.15, 0.2) is 0 Å². The summed E-state index contributed by atoms with van der Waals surface area (Å²) in [6.07, 6.45) is 0.316. The molecule has 3 N–H and O–H groups in total. The fourth-order valence-electron chi connectivity index (χ4n) is 1.80. The number of hydrogen-bond acceptors (Lipinski definition) is 3. The van der Waals surface area contributed by atoms with Gasteiger partial charge < -0.3 is 5.11 Å². The molecule has 0 radical (unpaired) electrons. The van der Waals surface area contributed by atoms with Crippen molar-refractivity contribution >= 4 is 23.2 Å². The van der Waals surface area contributed by atoms with Gasteiger partial charge in [0.05, 0.1) is 10.7 Å². The molecule has 0 aromatic heterocycles. The normalized spacial score (nSPS) is 17.5. The Morgan fingerprint density at radius 3 is 2.53 bits per heavy atom. The third kappa shape index (κ3) is 2.50. The highest BCUT2D eigenvalue weighted by Crippen LogP contribution is 2.44. The van der Waals surface area contributed by atoms with Gasteiger partial charge in [-0.15, -0.1) is 0 Å². The molecule has 1 amide bonds. The van der Waals surface area contributed by atoms with Gasteiger partial charge in [-0.2, -0.15) is 8.78 Å². The molecule has 19 heavy (non-hydrogen) atoms. The van der Waals surface area contributed by atoms with Crippen molar-refractivity contribution in [3.8, 4) is 0 Å². The molecule has 0 bridgehead atoms. The number of nitrogens with one attached hydrogen (secondary N) is 2. The first-order valence-corrected chi connectivity index (χ1v) is 6.16. The van der Waals surface area contributed by atoms with E-state index < -0.39 is 17.4 Å². The zero-order valence-corrected chi connectivity index (χ0v) is 10.7. The SMILES string of the molecule is O=C(NNc1ccccc1Cl)C(F)(F)C1(O)CCC1. The lowest BCUT2D eigenvalue weighted by Crippen LogP contribution is -2.61. The van der Waals surface area contributed by atoms with Crippen LogP contribution in [0.3, 0.4) is 0 Å². The number of para-hydroxylation sites is 1. The minimum atomic E-state index is -3.83. The van der Waals surface area contributed by atoms with Crippen molar-refractivity contribution in [1.82, 2.24) is 5.43 Å². The third-order valence-corrected chi connectivity index (χ3v) is 3.56. The second-order valence-corrected chi connectivity index (χ2v) is 4.93. The predicted octanol–water partition coefficient (Wildman–Crippen LogP) is 2.33. The first kappa shape index (κ1) is 14.0. The molecule has 1 aliphatic rings. The Balaban J connectivity index is 2.00. The maximum atomic E-state index is 13.7. The lowest BCUT2D eigenvalue weighted by Gasteiger charge is -2.41. The van der Waals surface area contributed by atoms with Gasteiger partial charge in [-0.05, 0) is 31.4 Å². The highest BCUT2D eigenvalue weighted by molar-refractivity contribution is 6.33. The van der Waals surface area contributed by atoms with Crippen molar-refractivity contribution in [2.24, 2.45) is 0 Å². The number of rotatable bonds is 4. The van der Waals surface area contributed by atoms with E-state index in [1.807, 2.05) is 5.43 Å². The molecule has 1 aromatic carbocycles. The zero-order chi connectivity index (χ0) is 14.1. The van der Waals surface area contributed by atoms with E-state index in [1.165, 1.54) is 6.07 Å². The molecule has 1 fully saturated rings. The van der Waals surface area contributed by atoms with Crippen LogP contribution in [0.5, 0.6) is 0 Å². The Morgan fingerprint density at radius 1 is 1.37 bits per heavy atom. The summed E-state index contributed by atoms with van der Waals surface area (Å²) in [6.45, 7) is 0. The van der Waals surface area contributed by atoms with Crippen LogP contribution in [0, 0.1) is 0 Å². The first-order valence-electron chi connectivity index (χ1n) is 5.78. The van der Waals surface area contributed by atoms with Crippen LogP contribution in [-0.4, -0.2) is 22.5 Å². The molecule has 0 unspecified atom stereocenters. The fourth-order valence-corrected chi connectivity index (χ4v) is 1.99. The van der Waals surface area contributed by atoms with Crippen molar-refractivity contribution < 1.29 is 18.7 Å². The Bertz CT molecular complexity index is 492. The fraction of sp³-hybridized carbons (Fsp3) is 0.417. The number of hydrazine groups is 1. The summed E-state index contributed by atoms with van der Waals surface area (Å²) in [5.41, 5.74) is 2.25. The number of alkyl halides is 2. The van der Waals surface area contributed by atoms with Crippen molar-refractivity contribution in [2.75, 3.05) is 5.43 Å². The van der Waals surface area contributed by atoms with E-state index >= 15 is 0 Å². The molecule has 7 heteroatoms. The number of halogens is 3. The summed E-state index contributed by atoms with van der Waals surface area (Å²) in [7, 11) is 0. The average Bonchev–Trinajstić information content (AvgIpc) is 2.34. The summed E-state index contributed by atoms with van der Waals surface area (Å²) in [6, 6.07) is 6.38. The molecule has 0 atom stereocenters. The second kappa shape index (κ2) is 4.94. The molecule has 1 aliphatic carbocycles. The van der Waals surface area contributed by atoms with Gasteiger partial charge in [0.25, 0.3) is 0 Å². The number of amides is 1. The van der Waals surface area contributed by atoms with Crippen LogP contribution in [-0.2, 0) is 4.79 Å². The van der Waals surface area contributed by atoms with Crippen molar-refractivity contribution in [1.29, 1.82) is 0 Å². The highest BCUT2D eigenvalue weighted by atomic mass is 35.5. The molecule has 0 heterocycles. The molecule has 0 aliphatic heterocycles. The number of benzene rings is 1. The number of hydrogen-bond donors (Lipinski definition) is 3. The van der Waals surface area contributed by atoms with Crippen LogP contribution in [0.25, 0.3) is 0 Å². The maximum absolute atomic E-state index is 13.7. The molecule has 2 rings (SSSR count). The topological polar surface area (TPSA) is 61.4 Å². The predicted molar refractivity (Wildman–Crippen MR) is 67.0 cm³/mol. The molecule has 104 valence electrons. The van der Waals surface area contributed by atoms with E-state index in [4.69, 9.17) is 11.6 Å². The van der Waals surface area contributed by atoms with Crippen LogP contribution in [0.4, 0.5) is 14.5 Å². The number of anilines is 1. The van der Waals surface area contributed by atoms with Crippen molar-refractivity contribution in [3.63, 3.8) is 0 Å². The highest BCUT2D eigenvalue weighted by Gasteiger charge is 2.61. The summed E-state index contributed by atoms with van der Waals surface area (Å²) in [5.74, 6) is -5.41. The minimum absolute atomic E-state index is 0.0838. The molecule has 1 saturated carbocycles. The molecule has 0 saturated heterocycles. The van der Waals surface area contributed by atoms with Gasteiger partial charge in [-0.3, -0.25) is 15.6 Å². The molecule has 4 nitrogen and oxygen atoms in total. The van der Waals surface area contributed by atoms with Crippen LogP contribution in [0.15, 0.2) is 24.3 Å². The summed E-state index contributed by atoms with van der Waals surface area (Å²) in [4.78, 5) is 11.5. The minimum Gasteiger partial charge on any atom is -0.383 e. The van der Waals surface area contributed by atoms with Gasteiger partial charge in [0, 0.05) is 0 Å². The van der Waals surface area contributed by atoms with Crippen LogP contribution in [0.2, 0.25) is 5.02 Å². The molecule has 0 spiro atoms. The number of carbonyl (C=O) groups is 1. The molecule has 1 aromatic rings. The van der Waals surface area contributed by atoms with Crippen molar-refractivity contribution in [3.05, 3.63) is 29.3 Å². The van der Waals surface area contributed by atoms with Crippen LogP contribution < -0.4 is 10.9 Å². The average molecular weight is 291 g/mol. The third-order valence-electron chi connectivity index (χ3n) is 3.23. The van der Waals surface area contributed by atoms with E-state index in [0.717, 1.165) is 0 Å². The summed E-state index contributed by atoms with van der Waals surface area (Å²) in [5, 5.41) is 9.88. The smallest absolute Gasteiger partial charge is 0.354 e. The van der Waals surface area contributed by atoms with Gasteiger partial charge >= 0.3 is 11.8 Å². The van der Waals surface area contributed by atoms with E-state index in [9.17, 15) is 18.7 Å². The second-order valence-electron chi connectivity index (χ2n) is 4.52. The Hall–Kier alpha value is -1.40. The molecular weight excluding hydrogens is 278 g/mol. The van der Waals surface area contributed by atoms with Gasteiger partial charge in [0.1, 0.15) is 5.60 Å². The van der Waals surface area contributed by atoms with E-state index in [0.29, 0.717) is 12.1 Å². The monoisotopic (exact) mass is 290 g/mol. The Morgan fingerprint density at radius 2 is 2.00 bits per heavy atom. The summed E-state index contributed by atoms with van der Waals surface area (Å²) >= 11 is 5.80. The lowest BCUT2D eigenvalue weighted by molar-refractivity contribution is -0.215. The van der Waals surface area contributed by atoms with E-state index in [-0.39, 0.29) is 17.9 Å². The van der Waals surface area contributed by atoms with Gasteiger partial charge in [0.2, 0.25) is 0 Å². The van der Waals surface area contributed by atoms with Crippen LogP contribution in [0.1, 0.15) is 19.3 Å². The van der Waals surface area contributed by atoms with Crippen LogP contribution >= 0.6 is 11.6 Å². The zero-order valence-electron chi connectivity index (χ0n) is 9.92. The van der Waals surface area contributed by atoms with E-state index in [1.54, 1.807) is 18.2 Å². The van der Waals surface area contributed by atoms with E-state index in [2.05, 4.69) is 5.43 Å². The standard InChI is InChI=1S/C12H13ClF2N2O2/c13-8-4-1-2-5-9(8)16-17-10(18)12(14,15)11(19)6-3-7-11/h1-2,4-5,16,19H,3,6-7H2,(H,17,18). The Kier molecular flexibility index (Phi) is 3.64. The van der Waals surface area contributed by atoms with Gasteiger partial charge in [-0.25, -0.2) is 0 Å². The lowest BCUT2D eigenvalue weighted by atomic mass is 9.75. The number of aliphatic hydroxyl groups is 1. The summed E-state index contributed by atoms with van der Waals surface area (Å²) < 4.78 is 27.4. The van der Waals surface area contributed by atoms with Gasteiger partial charge in [-0.1, -0.05) is 23.7 Å². The maximum Gasteiger partial charge on any atom is 0.354 e. The Labute approximate surface area is 113 Å². The molecular formula is C12H13ClF2N2O2. The number of carbonyl (C=O) groups excluding carboxylic acids is 1.